The summed E-state index contributed by atoms with van der Waals surface area (Å²) in [5.41, 5.74) is 0.226. The molecule has 108 valence electrons. The van der Waals surface area contributed by atoms with E-state index in [9.17, 15) is 19.5 Å². The van der Waals surface area contributed by atoms with Crippen LogP contribution in [0, 0.1) is 5.92 Å². The van der Waals surface area contributed by atoms with Crippen molar-refractivity contribution in [1.82, 2.24) is 0 Å². The van der Waals surface area contributed by atoms with Crippen molar-refractivity contribution in [2.75, 3.05) is 6.61 Å². The molecule has 0 aliphatic carbocycles. The summed E-state index contributed by atoms with van der Waals surface area (Å²) in [6.45, 7) is 4.78. The summed E-state index contributed by atoms with van der Waals surface area (Å²) in [6, 6.07) is 0. The third kappa shape index (κ3) is 7.93. The molecule has 3 N–H and O–H groups in total. The van der Waals surface area contributed by atoms with E-state index in [1.54, 1.807) is 0 Å². The highest BCUT2D eigenvalue weighted by Gasteiger charge is 2.24. The lowest BCUT2D eigenvalue weighted by atomic mass is 9.97. The molecule has 0 bridgehead atoms. The molecule has 0 saturated heterocycles. The minimum absolute atomic E-state index is 0.0441. The Morgan fingerprint density at radius 1 is 1.26 bits per heavy atom. The zero-order chi connectivity index (χ0) is 15.0. The van der Waals surface area contributed by atoms with Gasteiger partial charge < -0.3 is 20.1 Å². The number of aliphatic carboxylic acids is 2. The molecule has 2 unspecified atom stereocenters. The van der Waals surface area contributed by atoms with Gasteiger partial charge in [0.05, 0.1) is 25.0 Å². The van der Waals surface area contributed by atoms with Gasteiger partial charge in [0.15, 0.2) is 0 Å². The van der Waals surface area contributed by atoms with Crippen molar-refractivity contribution in [3.63, 3.8) is 0 Å². The zero-order valence-corrected chi connectivity index (χ0v) is 10.7. The Morgan fingerprint density at radius 3 is 2.26 bits per heavy atom. The van der Waals surface area contributed by atoms with E-state index in [2.05, 4.69) is 6.58 Å². The van der Waals surface area contributed by atoms with Gasteiger partial charge in [-0.05, 0) is 13.3 Å². The van der Waals surface area contributed by atoms with Crippen molar-refractivity contribution in [3.8, 4) is 0 Å². The summed E-state index contributed by atoms with van der Waals surface area (Å²) >= 11 is 0. The minimum atomic E-state index is -1.28. The molecule has 0 aliphatic heterocycles. The molecule has 0 aromatic rings. The number of ether oxygens (including phenoxy) is 1. The average Bonchev–Trinajstić information content (AvgIpc) is 2.26. The van der Waals surface area contributed by atoms with Crippen LogP contribution in [0.15, 0.2) is 12.2 Å². The molecule has 7 nitrogen and oxygen atoms in total. The van der Waals surface area contributed by atoms with Crippen LogP contribution in [-0.4, -0.2) is 45.9 Å². The van der Waals surface area contributed by atoms with Crippen molar-refractivity contribution < 1.29 is 34.4 Å². The fourth-order valence-electron chi connectivity index (χ4n) is 1.34. The number of carbonyl (C=O) groups is 3. The number of carboxylic acid groups (broad SMARTS) is 2. The first-order valence-electron chi connectivity index (χ1n) is 5.69. The van der Waals surface area contributed by atoms with E-state index in [0.717, 1.165) is 0 Å². The van der Waals surface area contributed by atoms with Crippen LogP contribution in [0.3, 0.4) is 0 Å². The first-order chi connectivity index (χ1) is 8.73. The van der Waals surface area contributed by atoms with Crippen LogP contribution in [0.5, 0.6) is 0 Å². The Hall–Kier alpha value is -1.89. The molecule has 0 spiro atoms. The fraction of sp³-hybridized carbons (Fsp3) is 0.583. The standard InChI is InChI=1S/C12H18O7/c1-7(2)12(18)19-4-3-9(13)5-8(11(16)17)6-10(14)15/h8-9,13H,1,3-6H2,2H3,(H,14,15)(H,16,17). The van der Waals surface area contributed by atoms with Gasteiger partial charge in [0.2, 0.25) is 0 Å². The van der Waals surface area contributed by atoms with E-state index in [0.29, 0.717) is 0 Å². The van der Waals surface area contributed by atoms with Crippen molar-refractivity contribution in [1.29, 1.82) is 0 Å². The third-order valence-corrected chi connectivity index (χ3v) is 2.36. The molecule has 0 aromatic carbocycles. The molecule has 0 radical (unpaired) electrons. The van der Waals surface area contributed by atoms with Gasteiger partial charge in [0.1, 0.15) is 0 Å². The lowest BCUT2D eigenvalue weighted by molar-refractivity contribution is -0.149. The summed E-state index contributed by atoms with van der Waals surface area (Å²) in [4.78, 5) is 32.2. The predicted molar refractivity (Wildman–Crippen MR) is 64.4 cm³/mol. The smallest absolute Gasteiger partial charge is 0.333 e. The summed E-state index contributed by atoms with van der Waals surface area (Å²) in [5.74, 6) is -4.27. The Morgan fingerprint density at radius 2 is 1.84 bits per heavy atom. The normalized spacial score (nSPS) is 13.4. The minimum Gasteiger partial charge on any atom is -0.481 e. The number of aliphatic hydroxyl groups is 1. The quantitative estimate of drug-likeness (QED) is 0.411. The second-order valence-electron chi connectivity index (χ2n) is 4.23. The van der Waals surface area contributed by atoms with Crippen LogP contribution in [-0.2, 0) is 19.1 Å². The average molecular weight is 274 g/mol. The molecule has 0 amide bonds. The number of rotatable bonds is 9. The van der Waals surface area contributed by atoms with E-state index in [4.69, 9.17) is 14.9 Å². The monoisotopic (exact) mass is 274 g/mol. The highest BCUT2D eigenvalue weighted by molar-refractivity contribution is 5.86. The molecule has 0 heterocycles. The number of esters is 1. The van der Waals surface area contributed by atoms with Gasteiger partial charge in [-0.1, -0.05) is 6.58 Å². The van der Waals surface area contributed by atoms with Gasteiger partial charge in [-0.15, -0.1) is 0 Å². The molecule has 19 heavy (non-hydrogen) atoms. The van der Waals surface area contributed by atoms with Crippen LogP contribution in [0.2, 0.25) is 0 Å². The number of aliphatic hydroxyl groups excluding tert-OH is 1. The SMILES string of the molecule is C=C(C)C(=O)OCCC(O)CC(CC(=O)O)C(=O)O. The first-order valence-corrected chi connectivity index (χ1v) is 5.69. The van der Waals surface area contributed by atoms with E-state index < -0.39 is 36.4 Å². The highest BCUT2D eigenvalue weighted by atomic mass is 16.5. The molecule has 0 fully saturated rings. The molecule has 0 rings (SSSR count). The van der Waals surface area contributed by atoms with Gasteiger partial charge in [0, 0.05) is 12.0 Å². The Labute approximate surface area is 110 Å². The van der Waals surface area contributed by atoms with Crippen LogP contribution in [0.25, 0.3) is 0 Å². The molecular formula is C12H18O7. The molecule has 7 heteroatoms. The number of carbonyl (C=O) groups excluding carboxylic acids is 1. The van der Waals surface area contributed by atoms with Gasteiger partial charge in [-0.3, -0.25) is 9.59 Å². The summed E-state index contributed by atoms with van der Waals surface area (Å²) in [5, 5.41) is 26.9. The second-order valence-corrected chi connectivity index (χ2v) is 4.23. The summed E-state index contributed by atoms with van der Waals surface area (Å²) < 4.78 is 4.74. The van der Waals surface area contributed by atoms with Gasteiger partial charge >= 0.3 is 17.9 Å². The maximum atomic E-state index is 11.0. The molecule has 0 aliphatic rings. The lowest BCUT2D eigenvalue weighted by Crippen LogP contribution is -2.24. The van der Waals surface area contributed by atoms with Gasteiger partial charge in [-0.2, -0.15) is 0 Å². The zero-order valence-electron chi connectivity index (χ0n) is 10.7. The Balaban J connectivity index is 4.09. The van der Waals surface area contributed by atoms with E-state index in [1.807, 2.05) is 0 Å². The predicted octanol–water partition coefficient (Wildman–Crippen LogP) is 0.422. The van der Waals surface area contributed by atoms with E-state index >= 15 is 0 Å². The highest BCUT2D eigenvalue weighted by Crippen LogP contribution is 2.14. The van der Waals surface area contributed by atoms with Crippen LogP contribution in [0.4, 0.5) is 0 Å². The van der Waals surface area contributed by atoms with Crippen LogP contribution >= 0.6 is 0 Å². The number of hydrogen-bond donors (Lipinski definition) is 3. The molecule has 0 aromatic heterocycles. The van der Waals surface area contributed by atoms with E-state index in [1.165, 1.54) is 6.92 Å². The third-order valence-electron chi connectivity index (χ3n) is 2.36. The Kier molecular flexibility index (Phi) is 7.43. The van der Waals surface area contributed by atoms with Crippen molar-refractivity contribution >= 4 is 17.9 Å². The maximum Gasteiger partial charge on any atom is 0.333 e. The Bertz CT molecular complexity index is 361. The number of hydrogen-bond acceptors (Lipinski definition) is 5. The number of carboxylic acids is 2. The van der Waals surface area contributed by atoms with Crippen molar-refractivity contribution in [2.24, 2.45) is 5.92 Å². The summed E-state index contributed by atoms with van der Waals surface area (Å²) in [7, 11) is 0. The van der Waals surface area contributed by atoms with Crippen molar-refractivity contribution in [3.05, 3.63) is 12.2 Å². The molecule has 2 atom stereocenters. The van der Waals surface area contributed by atoms with Gasteiger partial charge in [0.25, 0.3) is 0 Å². The summed E-state index contributed by atoms with van der Waals surface area (Å²) in [6.07, 6.45) is -1.76. The van der Waals surface area contributed by atoms with E-state index in [-0.39, 0.29) is 25.0 Å². The maximum absolute atomic E-state index is 11.0. The molecular weight excluding hydrogens is 256 g/mol. The lowest BCUT2D eigenvalue weighted by Gasteiger charge is -2.15. The largest absolute Gasteiger partial charge is 0.481 e. The van der Waals surface area contributed by atoms with Gasteiger partial charge in [-0.25, -0.2) is 4.79 Å². The first kappa shape index (κ1) is 17.1. The van der Waals surface area contributed by atoms with Crippen molar-refractivity contribution in [2.45, 2.75) is 32.3 Å². The topological polar surface area (TPSA) is 121 Å². The fourth-order valence-corrected chi connectivity index (χ4v) is 1.34. The second kappa shape index (κ2) is 8.25. The van der Waals surface area contributed by atoms with Crippen LogP contribution in [0.1, 0.15) is 26.2 Å². The van der Waals surface area contributed by atoms with Crippen LogP contribution < -0.4 is 0 Å². The molecule has 0 saturated carbocycles.